The second-order valence-corrected chi connectivity index (χ2v) is 6.80. The zero-order chi connectivity index (χ0) is 15.4. The maximum absolute atomic E-state index is 11.9. The molecule has 1 aliphatic heterocycles. The van der Waals surface area contributed by atoms with Crippen LogP contribution in [-0.2, 0) is 22.5 Å². The van der Waals surface area contributed by atoms with Crippen LogP contribution in [0, 0.1) is 6.92 Å². The van der Waals surface area contributed by atoms with Gasteiger partial charge in [-0.25, -0.2) is 4.98 Å². The van der Waals surface area contributed by atoms with Gasteiger partial charge in [0.1, 0.15) is 11.1 Å². The van der Waals surface area contributed by atoms with Crippen molar-refractivity contribution in [3.63, 3.8) is 0 Å². The van der Waals surface area contributed by atoms with Crippen LogP contribution in [0.15, 0.2) is 30.5 Å². The number of ether oxygens (including phenoxy) is 1. The van der Waals surface area contributed by atoms with E-state index in [0.29, 0.717) is 13.2 Å². The summed E-state index contributed by atoms with van der Waals surface area (Å²) in [4.78, 5) is 17.5. The quantitative estimate of drug-likeness (QED) is 0.923. The second kappa shape index (κ2) is 7.03. The summed E-state index contributed by atoms with van der Waals surface area (Å²) in [6.07, 6.45) is 4.31. The number of aromatic nitrogens is 1. The molecule has 1 N–H and O–H groups in total. The van der Waals surface area contributed by atoms with Gasteiger partial charge in [-0.2, -0.15) is 0 Å². The maximum atomic E-state index is 11.9. The number of hydrogen-bond acceptors (Lipinski definition) is 4. The Hall–Kier alpha value is -1.72. The van der Waals surface area contributed by atoms with Crippen LogP contribution in [0.3, 0.4) is 0 Å². The molecule has 1 aromatic carbocycles. The van der Waals surface area contributed by atoms with Crippen LogP contribution in [0.1, 0.15) is 33.9 Å². The van der Waals surface area contributed by atoms with Gasteiger partial charge in [-0.05, 0) is 25.3 Å². The van der Waals surface area contributed by atoms with E-state index in [1.54, 1.807) is 11.3 Å². The van der Waals surface area contributed by atoms with Gasteiger partial charge in [-0.3, -0.25) is 4.79 Å². The molecule has 0 spiro atoms. The highest BCUT2D eigenvalue weighted by Gasteiger charge is 2.23. The molecule has 1 fully saturated rings. The van der Waals surface area contributed by atoms with Crippen LogP contribution in [0.4, 0.5) is 0 Å². The second-order valence-electron chi connectivity index (χ2n) is 5.60. The predicted molar refractivity (Wildman–Crippen MR) is 86.9 cm³/mol. The van der Waals surface area contributed by atoms with Crippen LogP contribution in [-0.4, -0.2) is 23.6 Å². The van der Waals surface area contributed by atoms with E-state index in [1.165, 1.54) is 16.0 Å². The molecule has 5 heteroatoms. The Morgan fingerprint density at radius 3 is 2.95 bits per heavy atom. The van der Waals surface area contributed by atoms with E-state index in [0.717, 1.165) is 24.3 Å². The fourth-order valence-electron chi connectivity index (χ4n) is 2.48. The number of carbonyl (C=O) groups is 1. The lowest BCUT2D eigenvalue weighted by atomic mass is 10.1. The molecule has 1 atom stereocenters. The molecule has 4 nitrogen and oxygen atoms in total. The highest BCUT2D eigenvalue weighted by atomic mass is 32.1. The Morgan fingerprint density at radius 1 is 1.41 bits per heavy atom. The van der Waals surface area contributed by atoms with Crippen LogP contribution < -0.4 is 5.32 Å². The molecule has 0 saturated carbocycles. The Balaban J connectivity index is 1.52. The molecule has 2 heterocycles. The van der Waals surface area contributed by atoms with E-state index in [-0.39, 0.29) is 12.0 Å². The van der Waals surface area contributed by atoms with E-state index in [1.807, 2.05) is 6.20 Å². The predicted octanol–water partition coefficient (Wildman–Crippen LogP) is 2.84. The molecular weight excluding hydrogens is 296 g/mol. The Labute approximate surface area is 134 Å². The molecule has 1 saturated heterocycles. The lowest BCUT2D eigenvalue weighted by Crippen LogP contribution is -2.33. The highest BCUT2D eigenvalue weighted by Crippen LogP contribution is 2.18. The summed E-state index contributed by atoms with van der Waals surface area (Å²) in [5.41, 5.74) is 2.55. The summed E-state index contributed by atoms with van der Waals surface area (Å²) in [5.74, 6) is -0.0206. The van der Waals surface area contributed by atoms with Crippen molar-refractivity contribution in [1.29, 1.82) is 0 Å². The minimum atomic E-state index is -0.271. The monoisotopic (exact) mass is 316 g/mol. The van der Waals surface area contributed by atoms with Gasteiger partial charge in [0.25, 0.3) is 0 Å². The minimum absolute atomic E-state index is 0.0206. The molecule has 1 amide bonds. The van der Waals surface area contributed by atoms with Crippen molar-refractivity contribution in [3.05, 3.63) is 51.5 Å². The number of amides is 1. The number of thiazole rings is 1. The standard InChI is InChI=1S/C17H20N2O2S/c1-12-4-6-13(7-5-12)9-14-10-18-16(22-14)11-19-17(20)15-3-2-8-21-15/h4-7,10,15H,2-3,8-9,11H2,1H3,(H,19,20). The van der Waals surface area contributed by atoms with Crippen molar-refractivity contribution in [2.45, 2.75) is 38.8 Å². The van der Waals surface area contributed by atoms with Crippen molar-refractivity contribution in [2.75, 3.05) is 6.61 Å². The number of rotatable bonds is 5. The normalized spacial score (nSPS) is 17.6. The largest absolute Gasteiger partial charge is 0.368 e. The third kappa shape index (κ3) is 3.93. The Bertz CT molecular complexity index is 630. The molecule has 3 rings (SSSR count). The van der Waals surface area contributed by atoms with E-state index >= 15 is 0 Å². The lowest BCUT2D eigenvalue weighted by molar-refractivity contribution is -0.130. The minimum Gasteiger partial charge on any atom is -0.368 e. The van der Waals surface area contributed by atoms with Gasteiger partial charge in [-0.15, -0.1) is 11.3 Å². The molecule has 22 heavy (non-hydrogen) atoms. The zero-order valence-electron chi connectivity index (χ0n) is 12.7. The Morgan fingerprint density at radius 2 is 2.23 bits per heavy atom. The van der Waals surface area contributed by atoms with E-state index < -0.39 is 0 Å². The molecule has 1 unspecified atom stereocenters. The van der Waals surface area contributed by atoms with Gasteiger partial charge in [-0.1, -0.05) is 29.8 Å². The molecule has 1 aromatic heterocycles. The first kappa shape index (κ1) is 15.2. The number of hydrogen-bond donors (Lipinski definition) is 1. The first-order valence-corrected chi connectivity index (χ1v) is 8.41. The van der Waals surface area contributed by atoms with E-state index in [4.69, 9.17) is 4.74 Å². The number of nitrogens with one attached hydrogen (secondary N) is 1. The summed E-state index contributed by atoms with van der Waals surface area (Å²) in [6.45, 7) is 3.26. The van der Waals surface area contributed by atoms with Crippen LogP contribution >= 0.6 is 11.3 Å². The van der Waals surface area contributed by atoms with E-state index in [9.17, 15) is 4.79 Å². The SMILES string of the molecule is Cc1ccc(Cc2cnc(CNC(=O)C3CCCO3)s2)cc1. The van der Waals surface area contributed by atoms with Crippen molar-refractivity contribution in [1.82, 2.24) is 10.3 Å². The summed E-state index contributed by atoms with van der Waals surface area (Å²) in [6, 6.07) is 8.54. The van der Waals surface area contributed by atoms with Crippen LogP contribution in [0.25, 0.3) is 0 Å². The van der Waals surface area contributed by atoms with Crippen molar-refractivity contribution in [2.24, 2.45) is 0 Å². The van der Waals surface area contributed by atoms with Gasteiger partial charge >= 0.3 is 0 Å². The molecule has 116 valence electrons. The third-order valence-electron chi connectivity index (χ3n) is 3.74. The summed E-state index contributed by atoms with van der Waals surface area (Å²) in [7, 11) is 0. The fourth-order valence-corrected chi connectivity index (χ4v) is 3.38. The molecular formula is C17H20N2O2S. The highest BCUT2D eigenvalue weighted by molar-refractivity contribution is 7.11. The van der Waals surface area contributed by atoms with Gasteiger partial charge in [0.2, 0.25) is 5.91 Å². The Kier molecular flexibility index (Phi) is 4.85. The van der Waals surface area contributed by atoms with Gasteiger partial charge < -0.3 is 10.1 Å². The lowest BCUT2D eigenvalue weighted by Gasteiger charge is -2.08. The summed E-state index contributed by atoms with van der Waals surface area (Å²) < 4.78 is 5.37. The topological polar surface area (TPSA) is 51.2 Å². The fraction of sp³-hybridized carbons (Fsp3) is 0.412. The van der Waals surface area contributed by atoms with Crippen LogP contribution in [0.5, 0.6) is 0 Å². The maximum Gasteiger partial charge on any atom is 0.249 e. The summed E-state index contributed by atoms with van der Waals surface area (Å²) in [5, 5.41) is 3.85. The molecule has 2 aromatic rings. The average Bonchev–Trinajstić information content (AvgIpc) is 3.19. The molecule has 0 bridgehead atoms. The van der Waals surface area contributed by atoms with E-state index in [2.05, 4.69) is 41.5 Å². The van der Waals surface area contributed by atoms with Gasteiger partial charge in [0.05, 0.1) is 6.54 Å². The first-order chi connectivity index (χ1) is 10.7. The van der Waals surface area contributed by atoms with Gasteiger partial charge in [0, 0.05) is 24.1 Å². The third-order valence-corrected chi connectivity index (χ3v) is 4.73. The zero-order valence-corrected chi connectivity index (χ0v) is 13.5. The molecule has 0 radical (unpaired) electrons. The summed E-state index contributed by atoms with van der Waals surface area (Å²) >= 11 is 1.65. The number of nitrogens with zero attached hydrogens (tertiary/aromatic N) is 1. The number of benzene rings is 1. The van der Waals surface area contributed by atoms with Crippen molar-refractivity contribution < 1.29 is 9.53 Å². The molecule has 1 aliphatic rings. The number of carbonyl (C=O) groups excluding carboxylic acids is 1. The van der Waals surface area contributed by atoms with Gasteiger partial charge in [0.15, 0.2) is 0 Å². The average molecular weight is 316 g/mol. The van der Waals surface area contributed by atoms with Crippen molar-refractivity contribution in [3.8, 4) is 0 Å². The first-order valence-electron chi connectivity index (χ1n) is 7.59. The van der Waals surface area contributed by atoms with Crippen molar-refractivity contribution >= 4 is 17.2 Å². The number of aryl methyl sites for hydroxylation is 1. The van der Waals surface area contributed by atoms with Crippen LogP contribution in [0.2, 0.25) is 0 Å². The molecule has 0 aliphatic carbocycles. The smallest absolute Gasteiger partial charge is 0.249 e.